The van der Waals surface area contributed by atoms with Crippen molar-refractivity contribution >= 4 is 7.60 Å². The first-order valence-corrected chi connectivity index (χ1v) is 9.99. The van der Waals surface area contributed by atoms with E-state index in [1.54, 1.807) is 0 Å². The lowest BCUT2D eigenvalue weighted by Crippen LogP contribution is -2.30. The molecule has 3 nitrogen and oxygen atoms in total. The molecule has 2 aliphatic rings. The van der Waals surface area contributed by atoms with Gasteiger partial charge in [0.15, 0.2) is 0 Å². The SMILES string of the molecule is CCOP(=O)(OCC)C1=CCC2(C)CCC(C(C)C)C2C1. The normalized spacial score (nSPS) is 33.1. The van der Waals surface area contributed by atoms with Crippen LogP contribution in [-0.2, 0) is 13.6 Å². The average Bonchev–Trinajstić information content (AvgIpc) is 2.75. The van der Waals surface area contributed by atoms with Crippen molar-refractivity contribution in [2.24, 2.45) is 23.2 Å². The van der Waals surface area contributed by atoms with Gasteiger partial charge in [-0.2, -0.15) is 0 Å². The Morgan fingerprint density at radius 1 is 1.33 bits per heavy atom. The Hall–Kier alpha value is -0.110. The van der Waals surface area contributed by atoms with Gasteiger partial charge in [-0.05, 0) is 62.7 Å². The van der Waals surface area contributed by atoms with Crippen molar-refractivity contribution in [1.82, 2.24) is 0 Å². The quantitative estimate of drug-likeness (QED) is 0.597. The molecule has 1 fully saturated rings. The van der Waals surface area contributed by atoms with Crippen LogP contribution in [0.5, 0.6) is 0 Å². The van der Waals surface area contributed by atoms with Crippen LogP contribution in [0.1, 0.15) is 60.3 Å². The van der Waals surface area contributed by atoms with E-state index < -0.39 is 7.60 Å². The van der Waals surface area contributed by atoms with Crippen molar-refractivity contribution in [2.45, 2.75) is 60.3 Å². The van der Waals surface area contributed by atoms with E-state index >= 15 is 0 Å². The maximum atomic E-state index is 13.0. The van der Waals surface area contributed by atoms with Gasteiger partial charge < -0.3 is 9.05 Å². The number of allylic oxidation sites excluding steroid dienone is 2. The minimum Gasteiger partial charge on any atom is -0.306 e. The summed E-state index contributed by atoms with van der Waals surface area (Å²) in [6.07, 6.45) is 6.65. The molecule has 2 rings (SSSR count). The molecule has 0 heterocycles. The van der Waals surface area contributed by atoms with E-state index in [2.05, 4.69) is 26.8 Å². The van der Waals surface area contributed by atoms with E-state index in [4.69, 9.17) is 9.05 Å². The van der Waals surface area contributed by atoms with Gasteiger partial charge in [-0.1, -0.05) is 26.8 Å². The smallest absolute Gasteiger partial charge is 0.306 e. The molecule has 2 aliphatic carbocycles. The van der Waals surface area contributed by atoms with Gasteiger partial charge in [-0.15, -0.1) is 0 Å². The molecule has 0 aromatic heterocycles. The zero-order valence-corrected chi connectivity index (χ0v) is 15.1. The summed E-state index contributed by atoms with van der Waals surface area (Å²) in [6, 6.07) is 0. The molecule has 3 atom stereocenters. The number of rotatable bonds is 6. The van der Waals surface area contributed by atoms with Gasteiger partial charge >= 0.3 is 7.60 Å². The molecule has 1 saturated carbocycles. The van der Waals surface area contributed by atoms with Crippen LogP contribution in [0, 0.1) is 23.2 Å². The Kier molecular flexibility index (Phi) is 5.39. The molecule has 0 bridgehead atoms. The van der Waals surface area contributed by atoms with Crippen molar-refractivity contribution < 1.29 is 13.6 Å². The third-order valence-corrected chi connectivity index (χ3v) is 7.76. The monoisotopic (exact) mass is 314 g/mol. The van der Waals surface area contributed by atoms with Crippen LogP contribution in [0.25, 0.3) is 0 Å². The second kappa shape index (κ2) is 6.56. The highest BCUT2D eigenvalue weighted by molar-refractivity contribution is 7.58. The fourth-order valence-corrected chi connectivity index (χ4v) is 6.10. The van der Waals surface area contributed by atoms with E-state index in [0.717, 1.165) is 24.1 Å². The average molecular weight is 314 g/mol. The minimum absolute atomic E-state index is 0.377. The summed E-state index contributed by atoms with van der Waals surface area (Å²) >= 11 is 0. The summed E-state index contributed by atoms with van der Waals surface area (Å²) in [4.78, 5) is 0. The largest absolute Gasteiger partial charge is 0.356 e. The lowest BCUT2D eigenvalue weighted by Gasteiger charge is -2.40. The zero-order chi connectivity index (χ0) is 15.7. The summed E-state index contributed by atoms with van der Waals surface area (Å²) in [5.41, 5.74) is 0.377. The van der Waals surface area contributed by atoms with Gasteiger partial charge in [0.1, 0.15) is 0 Å². The van der Waals surface area contributed by atoms with E-state index in [0.29, 0.717) is 30.5 Å². The minimum atomic E-state index is -3.07. The summed E-state index contributed by atoms with van der Waals surface area (Å²) < 4.78 is 24.1. The fourth-order valence-electron chi connectivity index (χ4n) is 4.28. The molecule has 122 valence electrons. The molecule has 4 heteroatoms. The molecular formula is C17H31O3P. The Morgan fingerprint density at radius 2 is 1.95 bits per heavy atom. The van der Waals surface area contributed by atoms with Gasteiger partial charge in [0.25, 0.3) is 0 Å². The number of hydrogen-bond donors (Lipinski definition) is 0. The third-order valence-electron chi connectivity index (χ3n) is 5.50. The molecule has 3 unspecified atom stereocenters. The number of fused-ring (bicyclic) bond motifs is 1. The Balaban J connectivity index is 2.24. The molecule has 0 aromatic rings. The Bertz CT molecular complexity index is 433. The summed E-state index contributed by atoms with van der Waals surface area (Å²) in [7, 11) is -3.07. The highest BCUT2D eigenvalue weighted by Gasteiger charge is 2.49. The molecule has 0 aromatic carbocycles. The van der Waals surface area contributed by atoms with Gasteiger partial charge in [0, 0.05) is 5.31 Å². The molecule has 0 N–H and O–H groups in total. The predicted octanol–water partition coefficient (Wildman–Crippen LogP) is 5.62. The van der Waals surface area contributed by atoms with Crippen LogP contribution in [0.15, 0.2) is 11.4 Å². The second-order valence-electron chi connectivity index (χ2n) is 7.14. The molecular weight excluding hydrogens is 283 g/mol. The summed E-state index contributed by atoms with van der Waals surface area (Å²) in [6.45, 7) is 11.7. The second-order valence-corrected chi connectivity index (χ2v) is 9.23. The lowest BCUT2D eigenvalue weighted by molar-refractivity contribution is 0.154. The molecule has 21 heavy (non-hydrogen) atoms. The highest BCUT2D eigenvalue weighted by atomic mass is 31.2. The molecule has 0 radical (unpaired) electrons. The molecule has 0 saturated heterocycles. The van der Waals surface area contributed by atoms with Gasteiger partial charge in [-0.3, -0.25) is 4.57 Å². The standard InChI is InChI=1S/C17H31O3P/c1-6-19-21(18,20-7-2)14-8-10-17(5)11-9-15(13(3)4)16(17)12-14/h8,13,15-16H,6-7,9-12H2,1-5H3. The first-order chi connectivity index (χ1) is 9.86. The van der Waals surface area contributed by atoms with E-state index in [1.165, 1.54) is 12.8 Å². The van der Waals surface area contributed by atoms with Gasteiger partial charge in [-0.25, -0.2) is 0 Å². The van der Waals surface area contributed by atoms with Crippen LogP contribution < -0.4 is 0 Å². The van der Waals surface area contributed by atoms with Crippen LogP contribution >= 0.6 is 7.60 Å². The maximum Gasteiger partial charge on any atom is 0.356 e. The number of hydrogen-bond acceptors (Lipinski definition) is 3. The molecule has 0 spiro atoms. The Labute approximate surface area is 130 Å². The first kappa shape index (κ1) is 17.2. The van der Waals surface area contributed by atoms with Crippen molar-refractivity contribution in [3.63, 3.8) is 0 Å². The van der Waals surface area contributed by atoms with Crippen LogP contribution in [-0.4, -0.2) is 13.2 Å². The molecule has 0 amide bonds. The van der Waals surface area contributed by atoms with E-state index in [1.807, 2.05) is 13.8 Å². The lowest BCUT2D eigenvalue weighted by atomic mass is 9.68. The predicted molar refractivity (Wildman–Crippen MR) is 87.3 cm³/mol. The summed E-state index contributed by atoms with van der Waals surface area (Å²) in [5, 5.41) is 0.932. The van der Waals surface area contributed by atoms with Crippen LogP contribution in [0.3, 0.4) is 0 Å². The zero-order valence-electron chi connectivity index (χ0n) is 14.2. The van der Waals surface area contributed by atoms with Crippen molar-refractivity contribution in [3.8, 4) is 0 Å². The first-order valence-electron chi connectivity index (χ1n) is 8.45. The van der Waals surface area contributed by atoms with Crippen LogP contribution in [0.2, 0.25) is 0 Å². The van der Waals surface area contributed by atoms with E-state index in [9.17, 15) is 4.57 Å². The van der Waals surface area contributed by atoms with E-state index in [-0.39, 0.29) is 0 Å². The summed E-state index contributed by atoms with van der Waals surface area (Å²) in [5.74, 6) is 2.04. The maximum absolute atomic E-state index is 13.0. The van der Waals surface area contributed by atoms with Crippen molar-refractivity contribution in [1.29, 1.82) is 0 Å². The molecule has 0 aliphatic heterocycles. The third kappa shape index (κ3) is 3.30. The topological polar surface area (TPSA) is 35.5 Å². The van der Waals surface area contributed by atoms with Crippen molar-refractivity contribution in [3.05, 3.63) is 11.4 Å². The van der Waals surface area contributed by atoms with Gasteiger partial charge in [0.05, 0.1) is 13.2 Å². The van der Waals surface area contributed by atoms with Crippen LogP contribution in [0.4, 0.5) is 0 Å². The van der Waals surface area contributed by atoms with Gasteiger partial charge in [0.2, 0.25) is 0 Å². The fraction of sp³-hybridized carbons (Fsp3) is 0.882. The van der Waals surface area contributed by atoms with Crippen molar-refractivity contribution in [2.75, 3.05) is 13.2 Å². The Morgan fingerprint density at radius 3 is 2.48 bits per heavy atom. The highest BCUT2D eigenvalue weighted by Crippen LogP contribution is 2.65.